The summed E-state index contributed by atoms with van der Waals surface area (Å²) >= 11 is 0. The fourth-order valence-corrected chi connectivity index (χ4v) is 4.97. The van der Waals surface area contributed by atoms with Crippen molar-refractivity contribution in [3.05, 3.63) is 59.7 Å². The average Bonchev–Trinajstić information content (AvgIpc) is 2.82. The van der Waals surface area contributed by atoms with Crippen molar-refractivity contribution < 1.29 is 14.2 Å². The Labute approximate surface area is 201 Å². The first-order valence-corrected chi connectivity index (χ1v) is 13.0. The van der Waals surface area contributed by atoms with Crippen molar-refractivity contribution >= 4 is 0 Å². The highest BCUT2D eigenvalue weighted by Crippen LogP contribution is 2.33. The molecule has 1 saturated carbocycles. The molecule has 0 spiro atoms. The van der Waals surface area contributed by atoms with Crippen molar-refractivity contribution in [2.45, 2.75) is 91.3 Å². The summed E-state index contributed by atoms with van der Waals surface area (Å²) in [5.74, 6) is 4.39. The lowest BCUT2D eigenvalue weighted by atomic mass is 9.82. The lowest BCUT2D eigenvalue weighted by Crippen LogP contribution is -2.20. The van der Waals surface area contributed by atoms with Gasteiger partial charge in [-0.05, 0) is 85.3 Å². The van der Waals surface area contributed by atoms with Crippen LogP contribution in [0.5, 0.6) is 11.5 Å². The van der Waals surface area contributed by atoms with Crippen LogP contribution in [0, 0.1) is 11.8 Å². The van der Waals surface area contributed by atoms with Crippen LogP contribution in [0.3, 0.4) is 0 Å². The Morgan fingerprint density at radius 2 is 1.39 bits per heavy atom. The maximum Gasteiger partial charge on any atom is 0.197 e. The van der Waals surface area contributed by atoms with Gasteiger partial charge in [0.2, 0.25) is 0 Å². The minimum atomic E-state index is -0.315. The summed E-state index contributed by atoms with van der Waals surface area (Å²) in [6.07, 6.45) is 7.66. The highest BCUT2D eigenvalue weighted by molar-refractivity contribution is 5.30. The minimum absolute atomic E-state index is 0.315. The summed E-state index contributed by atoms with van der Waals surface area (Å²) in [7, 11) is 0. The molecule has 3 rings (SSSR count). The third-order valence-corrected chi connectivity index (χ3v) is 6.80. The van der Waals surface area contributed by atoms with Crippen LogP contribution < -0.4 is 9.47 Å². The summed E-state index contributed by atoms with van der Waals surface area (Å²) in [4.78, 5) is 0. The lowest BCUT2D eigenvalue weighted by Gasteiger charge is -2.24. The molecule has 182 valence electrons. The molecule has 1 aliphatic carbocycles. The first-order chi connectivity index (χ1) is 15.9. The molecular formula is C30H44O3. The van der Waals surface area contributed by atoms with Gasteiger partial charge in [0, 0.05) is 0 Å². The number of hydrogen-bond donors (Lipinski definition) is 0. The minimum Gasteiger partial charge on any atom is -0.491 e. The molecule has 0 heterocycles. The largest absolute Gasteiger partial charge is 0.491 e. The van der Waals surface area contributed by atoms with E-state index in [1.54, 1.807) is 0 Å². The van der Waals surface area contributed by atoms with E-state index in [9.17, 15) is 0 Å². The molecule has 0 radical (unpaired) electrons. The average molecular weight is 453 g/mol. The van der Waals surface area contributed by atoms with Gasteiger partial charge in [0.05, 0.1) is 6.61 Å². The van der Waals surface area contributed by atoms with Gasteiger partial charge in [0.15, 0.2) is 6.29 Å². The Bertz CT molecular complexity index is 788. The second-order valence-electron chi connectivity index (χ2n) is 10.4. The van der Waals surface area contributed by atoms with Gasteiger partial charge in [0.25, 0.3) is 0 Å². The monoisotopic (exact) mass is 452 g/mol. The third-order valence-electron chi connectivity index (χ3n) is 6.80. The van der Waals surface area contributed by atoms with Gasteiger partial charge in [-0.25, -0.2) is 0 Å². The van der Waals surface area contributed by atoms with Gasteiger partial charge in [-0.2, -0.15) is 0 Å². The summed E-state index contributed by atoms with van der Waals surface area (Å²) in [6.45, 7) is 12.1. The predicted molar refractivity (Wildman–Crippen MR) is 137 cm³/mol. The fraction of sp³-hybridized carbons (Fsp3) is 0.600. The second-order valence-corrected chi connectivity index (χ2v) is 10.4. The molecule has 3 heteroatoms. The van der Waals surface area contributed by atoms with Gasteiger partial charge in [0.1, 0.15) is 18.1 Å². The summed E-state index contributed by atoms with van der Waals surface area (Å²) in [5, 5.41) is 0. The van der Waals surface area contributed by atoms with Crippen molar-refractivity contribution in [2.24, 2.45) is 11.8 Å². The van der Waals surface area contributed by atoms with Crippen molar-refractivity contribution in [1.82, 2.24) is 0 Å². The first kappa shape index (κ1) is 25.6. The SMILES string of the molecule is CC(C)CC(c1ccc(OC(C)OCCOc2ccc(C3CCCCC3)cc2)cc1)C(C)C. The van der Waals surface area contributed by atoms with E-state index in [0.29, 0.717) is 31.0 Å². The molecule has 2 aromatic carbocycles. The molecule has 0 aliphatic heterocycles. The first-order valence-electron chi connectivity index (χ1n) is 13.0. The molecule has 0 bridgehead atoms. The maximum atomic E-state index is 5.95. The van der Waals surface area contributed by atoms with E-state index in [1.165, 1.54) is 49.7 Å². The van der Waals surface area contributed by atoms with Gasteiger partial charge in [-0.15, -0.1) is 0 Å². The van der Waals surface area contributed by atoms with Crippen LogP contribution in [0.25, 0.3) is 0 Å². The van der Waals surface area contributed by atoms with Crippen LogP contribution in [0.15, 0.2) is 48.5 Å². The fourth-order valence-electron chi connectivity index (χ4n) is 4.97. The van der Waals surface area contributed by atoms with Gasteiger partial charge >= 0.3 is 0 Å². The molecule has 2 atom stereocenters. The van der Waals surface area contributed by atoms with E-state index in [2.05, 4.69) is 76.2 Å². The Kier molecular flexibility index (Phi) is 10.1. The van der Waals surface area contributed by atoms with Crippen LogP contribution in [0.1, 0.15) is 96.1 Å². The molecule has 1 aliphatic rings. The van der Waals surface area contributed by atoms with Gasteiger partial charge < -0.3 is 14.2 Å². The lowest BCUT2D eigenvalue weighted by molar-refractivity contribution is -0.0739. The van der Waals surface area contributed by atoms with Crippen LogP contribution in [-0.2, 0) is 4.74 Å². The quantitative estimate of drug-likeness (QED) is 0.239. The molecular weight excluding hydrogens is 408 g/mol. The Balaban J connectivity index is 1.38. The van der Waals surface area contributed by atoms with E-state index in [-0.39, 0.29) is 6.29 Å². The van der Waals surface area contributed by atoms with Crippen molar-refractivity contribution in [1.29, 1.82) is 0 Å². The van der Waals surface area contributed by atoms with E-state index in [1.807, 2.05) is 6.92 Å². The zero-order valence-electron chi connectivity index (χ0n) is 21.4. The summed E-state index contributed by atoms with van der Waals surface area (Å²) < 4.78 is 17.6. The molecule has 0 aromatic heterocycles. The zero-order valence-corrected chi connectivity index (χ0v) is 21.4. The van der Waals surface area contributed by atoms with E-state index in [0.717, 1.165) is 17.4 Å². The standard InChI is InChI=1S/C30H44O3/c1-22(2)21-30(23(3)4)27-13-17-29(18-14-27)33-24(5)31-19-20-32-28-15-11-26(12-16-28)25-9-7-6-8-10-25/h11-18,22-25,30H,6-10,19-21H2,1-5H3. The Hall–Kier alpha value is -2.00. The topological polar surface area (TPSA) is 27.7 Å². The number of hydrogen-bond acceptors (Lipinski definition) is 3. The second kappa shape index (κ2) is 13.0. The predicted octanol–water partition coefficient (Wildman–Crippen LogP) is 8.34. The number of benzene rings is 2. The van der Waals surface area contributed by atoms with Crippen LogP contribution in [0.2, 0.25) is 0 Å². The normalized spacial score (nSPS) is 16.7. The Morgan fingerprint density at radius 1 is 0.758 bits per heavy atom. The molecule has 0 amide bonds. The van der Waals surface area contributed by atoms with Crippen LogP contribution >= 0.6 is 0 Å². The summed E-state index contributed by atoms with van der Waals surface area (Å²) in [6, 6.07) is 17.2. The van der Waals surface area contributed by atoms with E-state index in [4.69, 9.17) is 14.2 Å². The van der Waals surface area contributed by atoms with Gasteiger partial charge in [-0.3, -0.25) is 0 Å². The van der Waals surface area contributed by atoms with Crippen LogP contribution in [0.4, 0.5) is 0 Å². The highest BCUT2D eigenvalue weighted by atomic mass is 16.7. The molecule has 1 fully saturated rings. The molecule has 2 unspecified atom stereocenters. The molecule has 0 saturated heterocycles. The van der Waals surface area contributed by atoms with E-state index < -0.39 is 0 Å². The number of ether oxygens (including phenoxy) is 3. The Morgan fingerprint density at radius 3 is 2.00 bits per heavy atom. The summed E-state index contributed by atoms with van der Waals surface area (Å²) in [5.41, 5.74) is 2.85. The van der Waals surface area contributed by atoms with Gasteiger partial charge in [-0.1, -0.05) is 71.2 Å². The molecule has 33 heavy (non-hydrogen) atoms. The third kappa shape index (κ3) is 8.37. The number of rotatable bonds is 12. The van der Waals surface area contributed by atoms with Crippen molar-refractivity contribution in [3.8, 4) is 11.5 Å². The maximum absolute atomic E-state index is 5.95. The molecule has 0 N–H and O–H groups in total. The zero-order chi connectivity index (χ0) is 23.6. The smallest absolute Gasteiger partial charge is 0.197 e. The molecule has 2 aromatic rings. The van der Waals surface area contributed by atoms with Crippen molar-refractivity contribution in [3.63, 3.8) is 0 Å². The van der Waals surface area contributed by atoms with E-state index >= 15 is 0 Å². The highest BCUT2D eigenvalue weighted by Gasteiger charge is 2.18. The molecule has 3 nitrogen and oxygen atoms in total. The van der Waals surface area contributed by atoms with Crippen LogP contribution in [-0.4, -0.2) is 19.5 Å². The van der Waals surface area contributed by atoms with Crippen molar-refractivity contribution in [2.75, 3.05) is 13.2 Å².